The van der Waals surface area contributed by atoms with Crippen molar-refractivity contribution < 1.29 is 8.42 Å². The Bertz CT molecular complexity index is 636. The molecule has 24 heavy (non-hydrogen) atoms. The van der Waals surface area contributed by atoms with Crippen LogP contribution in [0.2, 0.25) is 0 Å². The van der Waals surface area contributed by atoms with Crippen LogP contribution >= 0.6 is 11.8 Å². The molecule has 5 nitrogen and oxygen atoms in total. The van der Waals surface area contributed by atoms with Crippen LogP contribution in [-0.4, -0.2) is 74.0 Å². The molecule has 1 aromatic rings. The highest BCUT2D eigenvalue weighted by molar-refractivity contribution is 7.99. The molecule has 3 saturated heterocycles. The Morgan fingerprint density at radius 2 is 1.88 bits per heavy atom. The van der Waals surface area contributed by atoms with Gasteiger partial charge in [0.05, 0.1) is 0 Å². The SMILES string of the molecule is CN(C)S(=O)(=O)N1C[C@@H]2CC[C@H](C1)N(CCSc1ccccc1)C2. The molecule has 4 rings (SSSR count). The monoisotopic (exact) mass is 369 g/mol. The molecule has 0 unspecified atom stereocenters. The number of piperidine rings is 1. The van der Waals surface area contributed by atoms with Gasteiger partial charge in [-0.3, -0.25) is 4.90 Å². The normalized spacial score (nSPS) is 26.0. The molecule has 3 heterocycles. The van der Waals surface area contributed by atoms with Crippen molar-refractivity contribution in [3.05, 3.63) is 30.3 Å². The van der Waals surface area contributed by atoms with Gasteiger partial charge in [-0.1, -0.05) is 18.2 Å². The molecule has 0 spiro atoms. The maximum atomic E-state index is 12.5. The van der Waals surface area contributed by atoms with Gasteiger partial charge in [-0.15, -0.1) is 11.8 Å². The summed E-state index contributed by atoms with van der Waals surface area (Å²) in [6, 6.07) is 10.8. The number of fused-ring (bicyclic) bond motifs is 4. The molecule has 0 saturated carbocycles. The fourth-order valence-electron chi connectivity index (χ4n) is 3.63. The molecule has 7 heteroatoms. The first kappa shape index (κ1) is 18.2. The zero-order valence-corrected chi connectivity index (χ0v) is 16.1. The molecular weight excluding hydrogens is 342 g/mol. The highest BCUT2D eigenvalue weighted by atomic mass is 32.2. The lowest BCUT2D eigenvalue weighted by Gasteiger charge is -2.36. The van der Waals surface area contributed by atoms with E-state index < -0.39 is 10.2 Å². The van der Waals surface area contributed by atoms with Crippen LogP contribution < -0.4 is 0 Å². The van der Waals surface area contributed by atoms with Gasteiger partial charge in [0, 0.05) is 57.0 Å². The fraction of sp³-hybridized carbons (Fsp3) is 0.647. The lowest BCUT2D eigenvalue weighted by molar-refractivity contribution is 0.142. The van der Waals surface area contributed by atoms with Crippen LogP contribution in [0.1, 0.15) is 12.8 Å². The highest BCUT2D eigenvalue weighted by Gasteiger charge is 2.39. The lowest BCUT2D eigenvalue weighted by Crippen LogP contribution is -2.46. The maximum Gasteiger partial charge on any atom is 0.281 e. The van der Waals surface area contributed by atoms with Gasteiger partial charge in [0.2, 0.25) is 0 Å². The first-order valence-electron chi connectivity index (χ1n) is 8.56. The molecule has 0 aromatic heterocycles. The molecule has 0 radical (unpaired) electrons. The second kappa shape index (κ2) is 7.74. The molecule has 2 atom stereocenters. The number of hydrogen-bond donors (Lipinski definition) is 0. The van der Waals surface area contributed by atoms with Gasteiger partial charge in [0.15, 0.2) is 0 Å². The highest BCUT2D eigenvalue weighted by Crippen LogP contribution is 2.30. The zero-order chi connectivity index (χ0) is 17.2. The van der Waals surface area contributed by atoms with Gasteiger partial charge in [0.25, 0.3) is 10.2 Å². The van der Waals surface area contributed by atoms with E-state index in [1.54, 1.807) is 18.4 Å². The minimum atomic E-state index is -3.30. The van der Waals surface area contributed by atoms with Gasteiger partial charge in [-0.2, -0.15) is 17.0 Å². The molecule has 3 fully saturated rings. The van der Waals surface area contributed by atoms with Crippen LogP contribution in [0.3, 0.4) is 0 Å². The van der Waals surface area contributed by atoms with Crippen molar-refractivity contribution in [3.63, 3.8) is 0 Å². The Hall–Kier alpha value is -0.600. The van der Waals surface area contributed by atoms with Crippen molar-refractivity contribution in [2.75, 3.05) is 46.0 Å². The van der Waals surface area contributed by atoms with Crippen molar-refractivity contribution in [1.82, 2.24) is 13.5 Å². The molecule has 1 aromatic carbocycles. The van der Waals surface area contributed by atoms with E-state index in [1.165, 1.54) is 9.20 Å². The minimum absolute atomic E-state index is 0.356. The topological polar surface area (TPSA) is 43.9 Å². The summed E-state index contributed by atoms with van der Waals surface area (Å²) in [7, 11) is -0.0584. The van der Waals surface area contributed by atoms with Crippen molar-refractivity contribution in [3.8, 4) is 0 Å². The van der Waals surface area contributed by atoms with E-state index in [0.717, 1.165) is 31.7 Å². The zero-order valence-electron chi connectivity index (χ0n) is 14.5. The summed E-state index contributed by atoms with van der Waals surface area (Å²) in [6.07, 6.45) is 2.26. The van der Waals surface area contributed by atoms with Gasteiger partial charge < -0.3 is 0 Å². The molecule has 0 N–H and O–H groups in total. The predicted molar refractivity (Wildman–Crippen MR) is 99.4 cm³/mol. The summed E-state index contributed by atoms with van der Waals surface area (Å²) in [5.41, 5.74) is 0. The Kier molecular flexibility index (Phi) is 5.87. The predicted octanol–water partition coefficient (Wildman–Crippen LogP) is 1.98. The molecular formula is C17H27N3O2S2. The third-order valence-corrected chi connectivity index (χ3v) is 7.84. The fourth-order valence-corrected chi connectivity index (χ4v) is 5.76. The average molecular weight is 370 g/mol. The maximum absolute atomic E-state index is 12.5. The lowest BCUT2D eigenvalue weighted by atomic mass is 9.95. The molecule has 0 aliphatic carbocycles. The summed E-state index contributed by atoms with van der Waals surface area (Å²) in [5, 5.41) is 0. The third kappa shape index (κ3) is 4.14. The average Bonchev–Trinajstić information content (AvgIpc) is 2.88. The van der Waals surface area contributed by atoms with Gasteiger partial charge in [0.1, 0.15) is 0 Å². The molecule has 3 aliphatic heterocycles. The van der Waals surface area contributed by atoms with Crippen LogP contribution in [-0.2, 0) is 10.2 Å². The van der Waals surface area contributed by atoms with Gasteiger partial charge >= 0.3 is 0 Å². The Balaban J connectivity index is 1.59. The van der Waals surface area contributed by atoms with E-state index in [1.807, 2.05) is 17.8 Å². The van der Waals surface area contributed by atoms with Gasteiger partial charge in [-0.05, 0) is 30.9 Å². The second-order valence-corrected chi connectivity index (χ2v) is 10.2. The minimum Gasteiger partial charge on any atom is -0.298 e. The quantitative estimate of drug-likeness (QED) is 0.719. The molecule has 0 amide bonds. The number of hydrogen-bond acceptors (Lipinski definition) is 4. The number of rotatable bonds is 6. The van der Waals surface area contributed by atoms with Crippen LogP contribution in [0.5, 0.6) is 0 Å². The van der Waals surface area contributed by atoms with Crippen LogP contribution in [0.4, 0.5) is 0 Å². The first-order chi connectivity index (χ1) is 11.5. The third-order valence-electron chi connectivity index (χ3n) is 4.97. The molecule has 3 aliphatic rings. The Morgan fingerprint density at radius 1 is 1.12 bits per heavy atom. The summed E-state index contributed by atoms with van der Waals surface area (Å²) >= 11 is 1.88. The van der Waals surface area contributed by atoms with Gasteiger partial charge in [-0.25, -0.2) is 0 Å². The summed E-state index contributed by atoms with van der Waals surface area (Å²) < 4.78 is 28.0. The standard InChI is InChI=1S/C17H27N3O2S2/c1-18(2)24(21,22)20-13-15-8-9-16(14-20)19(12-15)10-11-23-17-6-4-3-5-7-17/h3-7,15-16H,8-14H2,1-2H3/t15-,16-/m1/s1. The van der Waals surface area contributed by atoms with E-state index in [2.05, 4.69) is 29.2 Å². The van der Waals surface area contributed by atoms with Crippen LogP contribution in [0.15, 0.2) is 35.2 Å². The van der Waals surface area contributed by atoms with Crippen LogP contribution in [0.25, 0.3) is 0 Å². The Labute approximate surface area is 150 Å². The summed E-state index contributed by atoms with van der Waals surface area (Å²) in [5.74, 6) is 1.51. The first-order valence-corrected chi connectivity index (χ1v) is 10.9. The van der Waals surface area contributed by atoms with Crippen molar-refractivity contribution in [1.29, 1.82) is 0 Å². The molecule has 2 bridgehead atoms. The second-order valence-electron chi connectivity index (χ2n) is 6.86. The number of nitrogens with zero attached hydrogens (tertiary/aromatic N) is 3. The van der Waals surface area contributed by atoms with Crippen molar-refractivity contribution >= 4 is 22.0 Å². The molecule has 134 valence electrons. The van der Waals surface area contributed by atoms with Crippen molar-refractivity contribution in [2.45, 2.75) is 23.8 Å². The summed E-state index contributed by atoms with van der Waals surface area (Å²) in [4.78, 5) is 3.81. The largest absolute Gasteiger partial charge is 0.298 e. The summed E-state index contributed by atoms with van der Waals surface area (Å²) in [6.45, 7) is 3.35. The van der Waals surface area contributed by atoms with E-state index in [0.29, 0.717) is 25.0 Å². The smallest absolute Gasteiger partial charge is 0.281 e. The van der Waals surface area contributed by atoms with E-state index in [-0.39, 0.29) is 0 Å². The number of thioether (sulfide) groups is 1. The van der Waals surface area contributed by atoms with Crippen LogP contribution in [0, 0.1) is 5.92 Å². The Morgan fingerprint density at radius 3 is 2.58 bits per heavy atom. The van der Waals surface area contributed by atoms with E-state index in [4.69, 9.17) is 0 Å². The van der Waals surface area contributed by atoms with E-state index in [9.17, 15) is 8.42 Å². The van der Waals surface area contributed by atoms with Crippen molar-refractivity contribution in [2.24, 2.45) is 5.92 Å². The van der Waals surface area contributed by atoms with E-state index >= 15 is 0 Å². The number of benzene rings is 1.